The molecule has 0 fully saturated rings. The number of hydrogen-bond acceptors (Lipinski definition) is 10. The first-order chi connectivity index (χ1) is 19.2. The van der Waals surface area contributed by atoms with Gasteiger partial charge in [-0.05, 0) is 30.3 Å². The van der Waals surface area contributed by atoms with Crippen molar-refractivity contribution in [2.75, 3.05) is 7.05 Å². The summed E-state index contributed by atoms with van der Waals surface area (Å²) in [5, 5.41) is 21.5. The van der Waals surface area contributed by atoms with E-state index in [4.69, 9.17) is 20.9 Å². The Balaban J connectivity index is 1.58. The SMILES string of the molecule is CN1C(Oc2cccc(N=C(N)N)c2)=NC(Oc2ccc(C#N)c(C(=O)O)c2)=C2NC(=O)C(c3cnc[nH]3)N=C21. The first-order valence-corrected chi connectivity index (χ1v) is 11.5. The number of aliphatic imine (C=N–C) groups is 3. The first kappa shape index (κ1) is 25.5. The number of aromatic amines is 1. The van der Waals surface area contributed by atoms with Gasteiger partial charge in [-0.3, -0.25) is 9.69 Å². The van der Waals surface area contributed by atoms with Crippen LogP contribution in [0.2, 0.25) is 0 Å². The molecule has 0 bridgehead atoms. The fraction of sp³-hybridized carbons (Fsp3) is 0.0800. The number of guanidine groups is 1. The third-order valence-corrected chi connectivity index (χ3v) is 5.64. The Morgan fingerprint density at radius 1 is 1.20 bits per heavy atom. The van der Waals surface area contributed by atoms with Crippen molar-refractivity contribution in [3.8, 4) is 17.6 Å². The second-order valence-electron chi connectivity index (χ2n) is 8.35. The number of carboxylic acids is 1. The van der Waals surface area contributed by atoms with Gasteiger partial charge in [0.25, 0.3) is 11.8 Å². The molecule has 0 spiro atoms. The van der Waals surface area contributed by atoms with Gasteiger partial charge in [-0.1, -0.05) is 6.07 Å². The molecule has 7 N–H and O–H groups in total. The van der Waals surface area contributed by atoms with Crippen LogP contribution in [0.4, 0.5) is 5.69 Å². The third kappa shape index (κ3) is 4.99. The van der Waals surface area contributed by atoms with E-state index in [1.165, 1.54) is 35.6 Å². The van der Waals surface area contributed by atoms with Crippen molar-refractivity contribution in [2.24, 2.45) is 26.4 Å². The number of nitrogens with one attached hydrogen (secondary N) is 2. The van der Waals surface area contributed by atoms with Crippen molar-refractivity contribution >= 4 is 35.4 Å². The minimum atomic E-state index is -1.31. The summed E-state index contributed by atoms with van der Waals surface area (Å²) in [5.74, 6) is -1.44. The Bertz CT molecular complexity index is 1680. The van der Waals surface area contributed by atoms with E-state index >= 15 is 0 Å². The number of amidine groups is 2. The summed E-state index contributed by atoms with van der Waals surface area (Å²) in [6, 6.07) is 11.3. The summed E-state index contributed by atoms with van der Waals surface area (Å²) in [7, 11) is 1.63. The second kappa shape index (κ2) is 10.3. The second-order valence-corrected chi connectivity index (χ2v) is 8.35. The largest absolute Gasteiger partial charge is 0.478 e. The number of likely N-dealkylation sites (N-methyl/N-ethyl adjacent to an activating group) is 1. The van der Waals surface area contributed by atoms with Gasteiger partial charge in [0.05, 0.1) is 35.0 Å². The van der Waals surface area contributed by atoms with Crippen LogP contribution in [0, 0.1) is 11.3 Å². The minimum absolute atomic E-state index is 0.00552. The van der Waals surface area contributed by atoms with Gasteiger partial charge in [-0.25, -0.2) is 19.8 Å². The number of nitrogens with zero attached hydrogens (tertiary/aromatic N) is 6. The Kier molecular flexibility index (Phi) is 6.56. The number of aromatic nitrogens is 2. The number of imidazole rings is 1. The molecule has 3 aromatic rings. The fourth-order valence-corrected chi connectivity index (χ4v) is 3.84. The molecule has 40 heavy (non-hydrogen) atoms. The smallest absolute Gasteiger partial charge is 0.337 e. The zero-order valence-corrected chi connectivity index (χ0v) is 20.7. The molecular formula is C25H20N10O5. The lowest BCUT2D eigenvalue weighted by Gasteiger charge is -2.32. The number of ether oxygens (including phenoxy) is 2. The number of nitrogens with two attached hydrogens (primary N) is 2. The maximum absolute atomic E-state index is 13.0. The molecule has 0 radical (unpaired) electrons. The molecule has 1 aromatic heterocycles. The van der Waals surface area contributed by atoms with Crippen LogP contribution in [0.5, 0.6) is 11.5 Å². The Morgan fingerprint density at radius 3 is 2.70 bits per heavy atom. The highest BCUT2D eigenvalue weighted by atomic mass is 16.5. The number of carbonyl (C=O) groups excluding carboxylic acids is 1. The normalized spacial score (nSPS) is 16.1. The lowest BCUT2D eigenvalue weighted by molar-refractivity contribution is -0.122. The molecule has 5 rings (SSSR count). The number of benzene rings is 2. The highest BCUT2D eigenvalue weighted by Gasteiger charge is 2.38. The van der Waals surface area contributed by atoms with E-state index in [0.29, 0.717) is 17.1 Å². The van der Waals surface area contributed by atoms with Gasteiger partial charge < -0.3 is 36.3 Å². The zero-order valence-electron chi connectivity index (χ0n) is 20.7. The number of rotatable bonds is 6. The van der Waals surface area contributed by atoms with Gasteiger partial charge >= 0.3 is 12.0 Å². The highest BCUT2D eigenvalue weighted by Crippen LogP contribution is 2.30. The number of fused-ring (bicyclic) bond motifs is 1. The highest BCUT2D eigenvalue weighted by molar-refractivity contribution is 6.14. The summed E-state index contributed by atoms with van der Waals surface area (Å²) in [6.45, 7) is 0. The molecule has 1 unspecified atom stereocenters. The van der Waals surface area contributed by atoms with E-state index in [1.54, 1.807) is 31.3 Å². The van der Waals surface area contributed by atoms with E-state index < -0.39 is 17.9 Å². The van der Waals surface area contributed by atoms with Crippen LogP contribution in [-0.4, -0.2) is 56.7 Å². The van der Waals surface area contributed by atoms with Crippen molar-refractivity contribution in [3.05, 3.63) is 83.4 Å². The van der Waals surface area contributed by atoms with Crippen molar-refractivity contribution in [3.63, 3.8) is 0 Å². The maximum atomic E-state index is 13.0. The molecule has 3 heterocycles. The molecule has 0 aliphatic carbocycles. The van der Waals surface area contributed by atoms with Crippen LogP contribution in [0.1, 0.15) is 27.7 Å². The number of hydrogen-bond donors (Lipinski definition) is 5. The van der Waals surface area contributed by atoms with E-state index in [1.807, 2.05) is 6.07 Å². The van der Waals surface area contributed by atoms with E-state index in [0.717, 1.165) is 0 Å². The zero-order chi connectivity index (χ0) is 28.4. The van der Waals surface area contributed by atoms with Crippen molar-refractivity contribution in [1.29, 1.82) is 5.26 Å². The summed E-state index contributed by atoms with van der Waals surface area (Å²) in [5.41, 5.74) is 11.6. The molecule has 15 heteroatoms. The summed E-state index contributed by atoms with van der Waals surface area (Å²) < 4.78 is 11.9. The molecule has 2 aliphatic rings. The molecule has 0 saturated carbocycles. The van der Waals surface area contributed by atoms with Gasteiger partial charge in [0.2, 0.25) is 0 Å². The third-order valence-electron chi connectivity index (χ3n) is 5.64. The summed E-state index contributed by atoms with van der Waals surface area (Å²) in [6.07, 6.45) is 2.91. The molecule has 0 saturated heterocycles. The standard InChI is InChI=1S/C25H20N10O5/c1-35-20-19(33-21(36)18(32-20)17-10-29-11-30-17)22(39-15-6-5-12(9-26)16(8-15)23(37)38)34-25(35)40-14-4-2-3-13(7-14)31-24(27)28/h2-8,10-11,18H,1H3,(H,29,30)(H,33,36)(H,37,38)(H4,27,28,31). The quantitative estimate of drug-likeness (QED) is 0.220. The molecular weight excluding hydrogens is 520 g/mol. The van der Waals surface area contributed by atoms with Gasteiger partial charge in [0.1, 0.15) is 23.3 Å². The van der Waals surface area contributed by atoms with Gasteiger partial charge in [-0.15, -0.1) is 0 Å². The monoisotopic (exact) mass is 540 g/mol. The van der Waals surface area contributed by atoms with Gasteiger partial charge in [0, 0.05) is 13.1 Å². The predicted octanol–water partition coefficient (Wildman–Crippen LogP) is 1.08. The Labute approximate surface area is 225 Å². The average Bonchev–Trinajstić information content (AvgIpc) is 3.45. The van der Waals surface area contributed by atoms with E-state index in [2.05, 4.69) is 30.3 Å². The Morgan fingerprint density at radius 2 is 2.00 bits per heavy atom. The molecule has 15 nitrogen and oxygen atoms in total. The number of nitriles is 1. The summed E-state index contributed by atoms with van der Waals surface area (Å²) >= 11 is 0. The van der Waals surface area contributed by atoms with Crippen LogP contribution in [0.15, 0.2) is 81.5 Å². The van der Waals surface area contributed by atoms with Gasteiger partial charge in [-0.2, -0.15) is 10.3 Å². The number of aromatic carboxylic acids is 1. The number of carboxylic acid groups (broad SMARTS) is 1. The van der Waals surface area contributed by atoms with Crippen molar-refractivity contribution in [1.82, 2.24) is 20.2 Å². The Hall–Kier alpha value is -6.17. The molecule has 2 aromatic carbocycles. The number of H-pyrrole nitrogens is 1. The average molecular weight is 541 g/mol. The fourth-order valence-electron chi connectivity index (χ4n) is 3.84. The van der Waals surface area contributed by atoms with Crippen molar-refractivity contribution < 1.29 is 24.2 Å². The molecule has 1 amide bonds. The summed E-state index contributed by atoms with van der Waals surface area (Å²) in [4.78, 5) is 46.0. The van der Waals surface area contributed by atoms with E-state index in [-0.39, 0.29) is 46.3 Å². The van der Waals surface area contributed by atoms with Crippen LogP contribution in [-0.2, 0) is 4.79 Å². The van der Waals surface area contributed by atoms with E-state index in [9.17, 15) is 20.0 Å². The van der Waals surface area contributed by atoms with Crippen LogP contribution >= 0.6 is 0 Å². The number of carbonyl (C=O) groups is 2. The predicted molar refractivity (Wildman–Crippen MR) is 140 cm³/mol. The maximum Gasteiger partial charge on any atom is 0.337 e. The van der Waals surface area contributed by atoms with Crippen molar-refractivity contribution in [2.45, 2.75) is 6.04 Å². The lowest BCUT2D eigenvalue weighted by Crippen LogP contribution is -2.49. The topological polar surface area (TPSA) is 230 Å². The van der Waals surface area contributed by atoms with Gasteiger partial charge in [0.15, 0.2) is 17.8 Å². The molecule has 2 aliphatic heterocycles. The molecule has 1 atom stereocenters. The number of amides is 1. The minimum Gasteiger partial charge on any atom is -0.478 e. The van der Waals surface area contributed by atoms with Crippen LogP contribution < -0.4 is 26.3 Å². The molecule has 200 valence electrons. The van der Waals surface area contributed by atoms with Crippen LogP contribution in [0.3, 0.4) is 0 Å². The van der Waals surface area contributed by atoms with Crippen LogP contribution in [0.25, 0.3) is 0 Å². The first-order valence-electron chi connectivity index (χ1n) is 11.5. The lowest BCUT2D eigenvalue weighted by atomic mass is 10.1.